The minimum absolute atomic E-state index is 0.00746. The van der Waals surface area contributed by atoms with Gasteiger partial charge in [0.15, 0.2) is 5.78 Å². The van der Waals surface area contributed by atoms with Crippen LogP contribution in [0.25, 0.3) is 10.8 Å². The molecule has 0 aromatic heterocycles. The number of carbonyl (C=O) groups is 1. The van der Waals surface area contributed by atoms with E-state index in [1.54, 1.807) is 19.3 Å². The summed E-state index contributed by atoms with van der Waals surface area (Å²) in [7, 11) is 1.64. The zero-order chi connectivity index (χ0) is 17.5. The number of carbonyl (C=O) groups excluding carboxylic acids is 1. The van der Waals surface area contributed by atoms with Gasteiger partial charge in [0.1, 0.15) is 17.6 Å². The number of benzene rings is 2. The topological polar surface area (TPSA) is 57.3 Å². The lowest BCUT2D eigenvalue weighted by molar-refractivity contribution is -0.172. The molecule has 1 saturated carbocycles. The number of epoxide rings is 1. The second kappa shape index (κ2) is 4.87. The van der Waals surface area contributed by atoms with Crippen LogP contribution < -0.4 is 9.47 Å². The quantitative estimate of drug-likeness (QED) is 0.740. The third-order valence-electron chi connectivity index (χ3n) is 6.18. The van der Waals surface area contributed by atoms with E-state index in [9.17, 15) is 4.79 Å². The molecule has 2 aromatic carbocycles. The summed E-state index contributed by atoms with van der Waals surface area (Å²) >= 11 is 0. The van der Waals surface area contributed by atoms with Crippen molar-refractivity contribution in [3.63, 3.8) is 0 Å². The van der Waals surface area contributed by atoms with Gasteiger partial charge >= 0.3 is 0 Å². The number of fused-ring (bicyclic) bond motifs is 3. The summed E-state index contributed by atoms with van der Waals surface area (Å²) < 4.78 is 24.3. The van der Waals surface area contributed by atoms with E-state index in [2.05, 4.69) is 0 Å². The van der Waals surface area contributed by atoms with E-state index in [-0.39, 0.29) is 35.9 Å². The first kappa shape index (κ1) is 14.8. The molecular weight excluding hydrogens is 332 g/mol. The Morgan fingerprint density at radius 3 is 2.54 bits per heavy atom. The Morgan fingerprint density at radius 1 is 1.12 bits per heavy atom. The number of hydrogen-bond acceptors (Lipinski definition) is 5. The summed E-state index contributed by atoms with van der Waals surface area (Å²) in [4.78, 5) is 12.7. The molecule has 6 rings (SSSR count). The van der Waals surface area contributed by atoms with E-state index in [0.29, 0.717) is 0 Å². The number of rotatable bonds is 1. The van der Waals surface area contributed by atoms with Gasteiger partial charge in [0, 0.05) is 13.2 Å². The number of hydrogen-bond donors (Lipinski definition) is 0. The van der Waals surface area contributed by atoms with Crippen LogP contribution in [0.15, 0.2) is 48.6 Å². The lowest BCUT2D eigenvalue weighted by Gasteiger charge is -2.48. The maximum absolute atomic E-state index is 12.7. The Kier molecular flexibility index (Phi) is 2.76. The Labute approximate surface area is 150 Å². The molecule has 0 amide bonds. The van der Waals surface area contributed by atoms with Crippen molar-refractivity contribution in [1.29, 1.82) is 0 Å². The standard InChI is InChI=1S/C21H18O5/c1-23-20-18-12(10-16-19(20)24-16)21(9-8-13(18)22)25-14-6-2-4-11-5-3-7-15(26-21)17(11)14/h2-9,12,16,18-20H,10H2,1H3/t12-,16-,18+,19-,20-/m1/s1. The molecule has 0 N–H and O–H groups in total. The Balaban J connectivity index is 1.50. The highest BCUT2D eigenvalue weighted by Crippen LogP contribution is 2.54. The molecule has 0 unspecified atom stereocenters. The van der Waals surface area contributed by atoms with Crippen LogP contribution in [0.2, 0.25) is 0 Å². The fraction of sp³-hybridized carbons (Fsp3) is 0.381. The lowest BCUT2D eigenvalue weighted by Crippen LogP contribution is -2.60. The van der Waals surface area contributed by atoms with Gasteiger partial charge in [-0.2, -0.15) is 0 Å². The second-order valence-electron chi connectivity index (χ2n) is 7.48. The Hall–Kier alpha value is -2.37. The molecular formula is C21H18O5. The van der Waals surface area contributed by atoms with Crippen LogP contribution in [0, 0.1) is 11.8 Å². The molecule has 5 heteroatoms. The average molecular weight is 350 g/mol. The predicted molar refractivity (Wildman–Crippen MR) is 93.1 cm³/mol. The van der Waals surface area contributed by atoms with E-state index in [1.165, 1.54) is 0 Å². The predicted octanol–water partition coefficient (Wildman–Crippen LogP) is 2.86. The van der Waals surface area contributed by atoms with Crippen LogP contribution in [-0.2, 0) is 14.3 Å². The van der Waals surface area contributed by atoms with Crippen LogP contribution in [-0.4, -0.2) is 37.0 Å². The highest BCUT2D eigenvalue weighted by molar-refractivity contribution is 5.96. The van der Waals surface area contributed by atoms with Gasteiger partial charge in [-0.05, 0) is 30.0 Å². The molecule has 2 aliphatic carbocycles. The molecule has 4 aliphatic rings. The van der Waals surface area contributed by atoms with Crippen molar-refractivity contribution in [3.05, 3.63) is 48.6 Å². The van der Waals surface area contributed by atoms with E-state index in [1.807, 2.05) is 36.4 Å². The first-order valence-corrected chi connectivity index (χ1v) is 9.01. The minimum atomic E-state index is -1.01. The molecule has 0 bridgehead atoms. The second-order valence-corrected chi connectivity index (χ2v) is 7.48. The van der Waals surface area contributed by atoms with Gasteiger partial charge in [-0.15, -0.1) is 0 Å². The summed E-state index contributed by atoms with van der Waals surface area (Å²) in [6.45, 7) is 0. The lowest BCUT2D eigenvalue weighted by atomic mass is 9.68. The highest BCUT2D eigenvalue weighted by Gasteiger charge is 2.65. The fourth-order valence-electron chi connectivity index (χ4n) is 4.98. The molecule has 2 heterocycles. The first-order chi connectivity index (χ1) is 12.7. The number of ether oxygens (including phenoxy) is 4. The molecule has 0 radical (unpaired) electrons. The van der Waals surface area contributed by atoms with Crippen LogP contribution >= 0.6 is 0 Å². The third-order valence-corrected chi connectivity index (χ3v) is 6.18. The van der Waals surface area contributed by atoms with Crippen molar-refractivity contribution in [2.24, 2.45) is 11.8 Å². The molecule has 26 heavy (non-hydrogen) atoms. The largest absolute Gasteiger partial charge is 0.448 e. The van der Waals surface area contributed by atoms with Crippen molar-refractivity contribution in [2.45, 2.75) is 30.5 Å². The van der Waals surface area contributed by atoms with Gasteiger partial charge in [-0.25, -0.2) is 0 Å². The van der Waals surface area contributed by atoms with Crippen molar-refractivity contribution in [3.8, 4) is 11.5 Å². The van der Waals surface area contributed by atoms with E-state index < -0.39 is 5.79 Å². The normalized spacial score (nSPS) is 35.4. The van der Waals surface area contributed by atoms with Gasteiger partial charge in [-0.1, -0.05) is 24.3 Å². The number of methoxy groups -OCH3 is 1. The van der Waals surface area contributed by atoms with Crippen molar-refractivity contribution in [2.75, 3.05) is 7.11 Å². The van der Waals surface area contributed by atoms with Gasteiger partial charge in [0.25, 0.3) is 5.79 Å². The monoisotopic (exact) mass is 350 g/mol. The summed E-state index contributed by atoms with van der Waals surface area (Å²) in [5, 5.41) is 2.05. The van der Waals surface area contributed by atoms with Gasteiger partial charge in [-0.3, -0.25) is 4.79 Å². The maximum atomic E-state index is 12.7. The van der Waals surface area contributed by atoms with Gasteiger partial charge < -0.3 is 18.9 Å². The summed E-state index contributed by atoms with van der Waals surface area (Å²) in [5.41, 5.74) is 0. The van der Waals surface area contributed by atoms with Crippen molar-refractivity contribution in [1.82, 2.24) is 0 Å². The summed E-state index contributed by atoms with van der Waals surface area (Å²) in [5.74, 6) is 0.153. The number of allylic oxidation sites excluding steroid dienone is 1. The first-order valence-electron chi connectivity index (χ1n) is 9.01. The average Bonchev–Trinajstić information content (AvgIpc) is 3.43. The van der Waals surface area contributed by atoms with Crippen LogP contribution in [0.3, 0.4) is 0 Å². The third kappa shape index (κ3) is 1.79. The Bertz CT molecular complexity index is 923. The molecule has 5 atom stereocenters. The SMILES string of the molecule is CO[C@H]1[C@@H]2O[C@@H]2C[C@@H]2[C@H]1C(=O)C=CC21Oc2cccc3cccc(c23)O1. The minimum Gasteiger partial charge on any atom is -0.448 e. The zero-order valence-corrected chi connectivity index (χ0v) is 14.3. The van der Waals surface area contributed by atoms with E-state index >= 15 is 0 Å². The summed E-state index contributed by atoms with van der Waals surface area (Å²) in [6, 6.07) is 12.0. The van der Waals surface area contributed by atoms with E-state index in [4.69, 9.17) is 18.9 Å². The zero-order valence-electron chi connectivity index (χ0n) is 14.3. The number of ketones is 1. The van der Waals surface area contributed by atoms with Crippen molar-refractivity contribution >= 4 is 16.6 Å². The highest BCUT2D eigenvalue weighted by atomic mass is 16.7. The smallest absolute Gasteiger partial charge is 0.275 e. The van der Waals surface area contributed by atoms with Gasteiger partial charge in [0.05, 0.1) is 29.4 Å². The van der Waals surface area contributed by atoms with Gasteiger partial charge in [0.2, 0.25) is 0 Å². The molecule has 2 aliphatic heterocycles. The van der Waals surface area contributed by atoms with Crippen LogP contribution in [0.1, 0.15) is 6.42 Å². The Morgan fingerprint density at radius 2 is 1.85 bits per heavy atom. The fourth-order valence-corrected chi connectivity index (χ4v) is 4.98. The van der Waals surface area contributed by atoms with Crippen molar-refractivity contribution < 1.29 is 23.7 Å². The molecule has 2 fully saturated rings. The molecule has 132 valence electrons. The molecule has 1 spiro atoms. The summed E-state index contributed by atoms with van der Waals surface area (Å²) in [6.07, 6.45) is 3.95. The molecule has 1 saturated heterocycles. The van der Waals surface area contributed by atoms with Crippen LogP contribution in [0.5, 0.6) is 11.5 Å². The molecule has 2 aromatic rings. The molecule has 5 nitrogen and oxygen atoms in total. The van der Waals surface area contributed by atoms with Crippen LogP contribution in [0.4, 0.5) is 0 Å². The maximum Gasteiger partial charge on any atom is 0.275 e. The van der Waals surface area contributed by atoms with E-state index in [0.717, 1.165) is 28.7 Å².